The van der Waals surface area contributed by atoms with Gasteiger partial charge in [0, 0.05) is 12.6 Å². The van der Waals surface area contributed by atoms with Crippen molar-refractivity contribution in [2.24, 2.45) is 0 Å². The van der Waals surface area contributed by atoms with E-state index < -0.39 is 0 Å². The Balaban J connectivity index is 3.66. The monoisotopic (exact) mass is 257 g/mol. The summed E-state index contributed by atoms with van der Waals surface area (Å²) >= 11 is 0. The Morgan fingerprint density at radius 3 is 1.89 bits per heavy atom. The maximum absolute atomic E-state index is 5.58. The predicted octanol–water partition coefficient (Wildman–Crippen LogP) is 4.53. The minimum atomic E-state index is 0.352. The first-order chi connectivity index (χ1) is 8.70. The van der Waals surface area contributed by atoms with E-state index in [0.717, 1.165) is 13.2 Å². The quantitative estimate of drug-likeness (QED) is 0.489. The minimum Gasteiger partial charge on any atom is -0.377 e. The van der Waals surface area contributed by atoms with Crippen molar-refractivity contribution < 1.29 is 4.74 Å². The van der Waals surface area contributed by atoms with Gasteiger partial charge in [-0.05, 0) is 26.7 Å². The van der Waals surface area contributed by atoms with Crippen molar-refractivity contribution in [2.45, 2.75) is 91.2 Å². The lowest BCUT2D eigenvalue weighted by Gasteiger charge is -2.19. The van der Waals surface area contributed by atoms with Crippen molar-refractivity contribution in [2.75, 3.05) is 13.2 Å². The summed E-state index contributed by atoms with van der Waals surface area (Å²) in [6.45, 7) is 10.6. The molecule has 0 fully saturated rings. The van der Waals surface area contributed by atoms with Crippen LogP contribution in [0.25, 0.3) is 0 Å². The van der Waals surface area contributed by atoms with E-state index in [1.807, 2.05) is 0 Å². The van der Waals surface area contributed by atoms with Crippen LogP contribution in [0.4, 0.5) is 0 Å². The number of rotatable bonds is 13. The van der Waals surface area contributed by atoms with Gasteiger partial charge < -0.3 is 10.1 Å². The van der Waals surface area contributed by atoms with E-state index in [2.05, 4.69) is 33.0 Å². The van der Waals surface area contributed by atoms with Crippen molar-refractivity contribution in [3.63, 3.8) is 0 Å². The van der Waals surface area contributed by atoms with E-state index in [1.165, 1.54) is 51.4 Å². The van der Waals surface area contributed by atoms with Gasteiger partial charge in [-0.2, -0.15) is 0 Å². The van der Waals surface area contributed by atoms with Crippen LogP contribution in [0.15, 0.2) is 0 Å². The number of hydrogen-bond donors (Lipinski definition) is 1. The molecule has 0 radical (unpaired) electrons. The fraction of sp³-hybridized carbons (Fsp3) is 1.00. The lowest BCUT2D eigenvalue weighted by atomic mass is 10.0. The summed E-state index contributed by atoms with van der Waals surface area (Å²) in [5.74, 6) is 0. The molecule has 0 spiro atoms. The highest BCUT2D eigenvalue weighted by Crippen LogP contribution is 2.10. The van der Waals surface area contributed by atoms with Crippen LogP contribution >= 0.6 is 0 Å². The molecule has 0 aromatic rings. The van der Waals surface area contributed by atoms with Crippen molar-refractivity contribution in [1.82, 2.24) is 5.32 Å². The number of unbranched alkanes of at least 4 members (excludes halogenated alkanes) is 4. The Bertz CT molecular complexity index is 149. The van der Waals surface area contributed by atoms with Crippen LogP contribution in [0.2, 0.25) is 0 Å². The summed E-state index contributed by atoms with van der Waals surface area (Å²) in [5.41, 5.74) is 0. The summed E-state index contributed by atoms with van der Waals surface area (Å²) in [6, 6.07) is 0.707. The summed E-state index contributed by atoms with van der Waals surface area (Å²) in [5, 5.41) is 3.67. The maximum atomic E-state index is 5.58. The summed E-state index contributed by atoms with van der Waals surface area (Å²) in [6.07, 6.45) is 11.1. The van der Waals surface area contributed by atoms with Gasteiger partial charge in [-0.1, -0.05) is 52.4 Å². The number of hydrogen-bond acceptors (Lipinski definition) is 2. The van der Waals surface area contributed by atoms with Crippen LogP contribution in [-0.2, 0) is 4.74 Å². The van der Waals surface area contributed by atoms with Crippen molar-refractivity contribution in [3.05, 3.63) is 0 Å². The molecule has 0 aromatic heterocycles. The molecule has 0 saturated heterocycles. The van der Waals surface area contributed by atoms with E-state index in [0.29, 0.717) is 12.1 Å². The van der Waals surface area contributed by atoms with Crippen LogP contribution in [0.1, 0.15) is 79.1 Å². The lowest BCUT2D eigenvalue weighted by molar-refractivity contribution is 0.0788. The molecule has 0 rings (SSSR count). The summed E-state index contributed by atoms with van der Waals surface area (Å²) in [4.78, 5) is 0. The summed E-state index contributed by atoms with van der Waals surface area (Å²) in [7, 11) is 0. The third kappa shape index (κ3) is 12.4. The second-order valence-corrected chi connectivity index (χ2v) is 5.56. The normalized spacial score (nSPS) is 11.7. The Morgan fingerprint density at radius 1 is 0.889 bits per heavy atom. The Morgan fingerprint density at radius 2 is 1.44 bits per heavy atom. The topological polar surface area (TPSA) is 21.3 Å². The molecule has 0 aromatic carbocycles. The van der Waals surface area contributed by atoms with Crippen molar-refractivity contribution >= 4 is 0 Å². The first-order valence-corrected chi connectivity index (χ1v) is 8.05. The second-order valence-electron chi connectivity index (χ2n) is 5.56. The maximum Gasteiger partial charge on any atom is 0.0594 e. The molecule has 0 unspecified atom stereocenters. The second kappa shape index (κ2) is 13.4. The molecule has 0 bridgehead atoms. The van der Waals surface area contributed by atoms with Crippen LogP contribution in [0.5, 0.6) is 0 Å². The molecule has 0 saturated carbocycles. The van der Waals surface area contributed by atoms with E-state index in [-0.39, 0.29) is 0 Å². The zero-order valence-electron chi connectivity index (χ0n) is 13.1. The van der Waals surface area contributed by atoms with Crippen LogP contribution in [0.3, 0.4) is 0 Å². The molecule has 0 aliphatic carbocycles. The summed E-state index contributed by atoms with van der Waals surface area (Å²) < 4.78 is 5.58. The van der Waals surface area contributed by atoms with E-state index in [4.69, 9.17) is 4.74 Å². The van der Waals surface area contributed by atoms with E-state index >= 15 is 0 Å². The lowest BCUT2D eigenvalue weighted by Crippen LogP contribution is -2.32. The molecule has 110 valence electrons. The molecular weight excluding hydrogens is 222 g/mol. The van der Waals surface area contributed by atoms with Gasteiger partial charge >= 0.3 is 0 Å². The Hall–Kier alpha value is -0.0800. The van der Waals surface area contributed by atoms with Gasteiger partial charge in [-0.15, -0.1) is 0 Å². The SMILES string of the molecule is CCCCCC(CCCCC)NCCOC(C)C. The highest BCUT2D eigenvalue weighted by Gasteiger charge is 2.07. The Kier molecular flexibility index (Phi) is 13.3. The van der Waals surface area contributed by atoms with Crippen molar-refractivity contribution in [1.29, 1.82) is 0 Å². The molecule has 0 aliphatic heterocycles. The zero-order chi connectivity index (χ0) is 13.6. The third-order valence-electron chi connectivity index (χ3n) is 3.30. The highest BCUT2D eigenvalue weighted by atomic mass is 16.5. The van der Waals surface area contributed by atoms with Gasteiger partial charge in [-0.25, -0.2) is 0 Å². The molecule has 0 aliphatic rings. The van der Waals surface area contributed by atoms with E-state index in [1.54, 1.807) is 0 Å². The van der Waals surface area contributed by atoms with Crippen LogP contribution in [0, 0.1) is 0 Å². The van der Waals surface area contributed by atoms with Gasteiger partial charge in [0.25, 0.3) is 0 Å². The van der Waals surface area contributed by atoms with Crippen molar-refractivity contribution in [3.8, 4) is 0 Å². The molecule has 0 heterocycles. The molecule has 2 nitrogen and oxygen atoms in total. The molecule has 1 N–H and O–H groups in total. The van der Waals surface area contributed by atoms with Crippen LogP contribution in [-0.4, -0.2) is 25.3 Å². The van der Waals surface area contributed by atoms with Gasteiger partial charge in [0.1, 0.15) is 0 Å². The fourth-order valence-electron chi connectivity index (χ4n) is 2.19. The van der Waals surface area contributed by atoms with Gasteiger partial charge in [0.05, 0.1) is 12.7 Å². The minimum absolute atomic E-state index is 0.352. The van der Waals surface area contributed by atoms with Crippen LogP contribution < -0.4 is 5.32 Å². The average molecular weight is 257 g/mol. The molecule has 2 heteroatoms. The highest BCUT2D eigenvalue weighted by molar-refractivity contribution is 4.67. The first-order valence-electron chi connectivity index (χ1n) is 8.05. The van der Waals surface area contributed by atoms with Gasteiger partial charge in [-0.3, -0.25) is 0 Å². The molecule has 18 heavy (non-hydrogen) atoms. The van der Waals surface area contributed by atoms with Gasteiger partial charge in [0.15, 0.2) is 0 Å². The zero-order valence-corrected chi connectivity index (χ0v) is 13.1. The van der Waals surface area contributed by atoms with E-state index in [9.17, 15) is 0 Å². The fourth-order valence-corrected chi connectivity index (χ4v) is 2.19. The standard InChI is InChI=1S/C16H35NO/c1-5-7-9-11-16(12-10-8-6-2)17-13-14-18-15(3)4/h15-17H,5-14H2,1-4H3. The van der Waals surface area contributed by atoms with Gasteiger partial charge in [0.2, 0.25) is 0 Å². The predicted molar refractivity (Wildman–Crippen MR) is 81.2 cm³/mol. The average Bonchev–Trinajstić information content (AvgIpc) is 2.34. The third-order valence-corrected chi connectivity index (χ3v) is 3.30. The smallest absolute Gasteiger partial charge is 0.0594 e. The first kappa shape index (κ1) is 17.9. The molecule has 0 atom stereocenters. The molecular formula is C16H35NO. The Labute approximate surface area is 115 Å². The number of nitrogens with one attached hydrogen (secondary N) is 1. The number of ether oxygens (including phenoxy) is 1. The largest absolute Gasteiger partial charge is 0.377 e. The molecule has 0 amide bonds.